The fourth-order valence-electron chi connectivity index (χ4n) is 3.60. The lowest BCUT2D eigenvalue weighted by atomic mass is 9.90. The smallest absolute Gasteiger partial charge is 0.330 e. The standard InChI is InChI=1S/C20H23ClFN3O6/c1-11-9-25(19(29)24-17(11)27)16-8-20(30,15(10-26)31-16)5-2-6-23-18(28)13-4-3-12(22)7-14(13)21/h3-4,7,9,15-16,26,30H,2,5-6,8,10H2,1H3,(H,23,28)(H,24,27,29)/t15-,16-,20+/m1/s1/i22+0. The van der Waals surface area contributed by atoms with Crippen LogP contribution in [0.1, 0.15) is 41.4 Å². The molecule has 9 nitrogen and oxygen atoms in total. The Morgan fingerprint density at radius 1 is 1.45 bits per heavy atom. The van der Waals surface area contributed by atoms with Gasteiger partial charge in [0.1, 0.15) is 18.1 Å². The summed E-state index contributed by atoms with van der Waals surface area (Å²) in [6.07, 6.45) is 0.0629. The Balaban J connectivity index is 1.61. The van der Waals surface area contributed by atoms with Crippen molar-refractivity contribution in [1.82, 2.24) is 14.9 Å². The van der Waals surface area contributed by atoms with Gasteiger partial charge in [0.05, 0.1) is 22.8 Å². The number of H-pyrrole nitrogens is 1. The van der Waals surface area contributed by atoms with Crippen LogP contribution in [0.15, 0.2) is 34.0 Å². The van der Waals surface area contributed by atoms with E-state index in [1.54, 1.807) is 0 Å². The topological polar surface area (TPSA) is 134 Å². The first-order valence-electron chi connectivity index (χ1n) is 9.68. The average molecular weight is 456 g/mol. The molecule has 2 heterocycles. The SMILES string of the molecule is Cc1cn([C@H]2C[C@@](O)(CCCNC(=O)c3ccc([19F])cc3Cl)[C@@H](CO)O2)c(=O)[nH]c1=O. The van der Waals surface area contributed by atoms with Gasteiger partial charge in [0.25, 0.3) is 11.5 Å². The van der Waals surface area contributed by atoms with Crippen LogP contribution in [0.2, 0.25) is 5.02 Å². The first-order valence-corrected chi connectivity index (χ1v) is 10.1. The van der Waals surface area contributed by atoms with Gasteiger partial charge < -0.3 is 20.3 Å². The van der Waals surface area contributed by atoms with Crippen LogP contribution in [-0.2, 0) is 4.74 Å². The number of carbonyl (C=O) groups is 1. The molecular weight excluding hydrogens is 433 g/mol. The van der Waals surface area contributed by atoms with Gasteiger partial charge in [0, 0.05) is 24.7 Å². The summed E-state index contributed by atoms with van der Waals surface area (Å²) in [4.78, 5) is 38.0. The van der Waals surface area contributed by atoms with Gasteiger partial charge >= 0.3 is 5.69 Å². The lowest BCUT2D eigenvalue weighted by molar-refractivity contribution is -0.0859. The predicted octanol–water partition coefficient (Wildman–Crippen LogP) is 0.859. The van der Waals surface area contributed by atoms with Crippen LogP contribution >= 0.6 is 11.6 Å². The van der Waals surface area contributed by atoms with Crippen LogP contribution in [-0.4, -0.2) is 50.5 Å². The van der Waals surface area contributed by atoms with Gasteiger partial charge in [0.2, 0.25) is 0 Å². The number of hydrogen-bond donors (Lipinski definition) is 4. The highest BCUT2D eigenvalue weighted by molar-refractivity contribution is 6.33. The third-order valence-corrected chi connectivity index (χ3v) is 5.63. The summed E-state index contributed by atoms with van der Waals surface area (Å²) in [5.74, 6) is -1.03. The minimum atomic E-state index is -1.44. The molecule has 4 N–H and O–H groups in total. The van der Waals surface area contributed by atoms with Gasteiger partial charge in [-0.2, -0.15) is 0 Å². The van der Waals surface area contributed by atoms with Gasteiger partial charge in [-0.05, 0) is 38.0 Å². The molecule has 11 heteroatoms. The predicted molar refractivity (Wildman–Crippen MR) is 110 cm³/mol. The zero-order valence-electron chi connectivity index (χ0n) is 16.7. The van der Waals surface area contributed by atoms with Crippen LogP contribution in [0.3, 0.4) is 0 Å². The number of aromatic amines is 1. The maximum atomic E-state index is 13.1. The van der Waals surface area contributed by atoms with E-state index in [1.807, 2.05) is 0 Å². The van der Waals surface area contributed by atoms with E-state index in [2.05, 4.69) is 10.3 Å². The zero-order valence-corrected chi connectivity index (χ0v) is 17.5. The fourth-order valence-corrected chi connectivity index (χ4v) is 3.86. The molecule has 1 amide bonds. The Bertz CT molecular complexity index is 1090. The third kappa shape index (κ3) is 5.04. The molecule has 2 aromatic rings. The van der Waals surface area contributed by atoms with Gasteiger partial charge in [-0.3, -0.25) is 19.1 Å². The summed E-state index contributed by atoms with van der Waals surface area (Å²) >= 11 is 5.87. The normalized spacial score (nSPS) is 23.1. The number of ether oxygens (including phenoxy) is 1. The molecule has 1 aromatic heterocycles. The molecule has 0 radical (unpaired) electrons. The number of aromatic nitrogens is 2. The maximum absolute atomic E-state index is 13.1. The summed E-state index contributed by atoms with van der Waals surface area (Å²) in [6, 6.07) is 3.45. The lowest BCUT2D eigenvalue weighted by Gasteiger charge is -2.26. The van der Waals surface area contributed by atoms with Crippen LogP contribution in [0.5, 0.6) is 0 Å². The van der Waals surface area contributed by atoms with Gasteiger partial charge in [0.15, 0.2) is 0 Å². The molecule has 1 saturated heterocycles. The summed E-state index contributed by atoms with van der Waals surface area (Å²) in [7, 11) is 0. The van der Waals surface area contributed by atoms with Crippen LogP contribution < -0.4 is 16.6 Å². The molecule has 0 aliphatic carbocycles. The number of aliphatic hydroxyl groups excluding tert-OH is 1. The van der Waals surface area contributed by atoms with E-state index in [1.165, 1.54) is 23.8 Å². The highest BCUT2D eigenvalue weighted by Crippen LogP contribution is 2.38. The Morgan fingerprint density at radius 3 is 2.87 bits per heavy atom. The highest BCUT2D eigenvalue weighted by Gasteiger charge is 2.47. The Kier molecular flexibility index (Phi) is 6.95. The molecule has 0 unspecified atom stereocenters. The molecule has 0 spiro atoms. The fraction of sp³-hybridized carbons (Fsp3) is 0.450. The van der Waals surface area contributed by atoms with E-state index in [0.29, 0.717) is 12.0 Å². The number of aryl methyl sites for hydroxylation is 1. The minimum absolute atomic E-state index is 0.00912. The number of amides is 1. The molecule has 1 fully saturated rings. The van der Waals surface area contributed by atoms with Crippen molar-refractivity contribution in [3.8, 4) is 0 Å². The van der Waals surface area contributed by atoms with Crippen molar-refractivity contribution in [1.29, 1.82) is 0 Å². The largest absolute Gasteiger partial charge is 0.394 e. The Hall–Kier alpha value is -2.53. The summed E-state index contributed by atoms with van der Waals surface area (Å²) in [5.41, 5.74) is -2.19. The molecule has 3 rings (SSSR count). The van der Waals surface area contributed by atoms with E-state index in [0.717, 1.165) is 12.1 Å². The molecule has 0 bridgehead atoms. The van der Waals surface area contributed by atoms with Crippen molar-refractivity contribution in [3.05, 3.63) is 67.2 Å². The van der Waals surface area contributed by atoms with Crippen molar-refractivity contribution >= 4 is 17.5 Å². The maximum Gasteiger partial charge on any atom is 0.330 e. The molecule has 1 aliphatic heterocycles. The van der Waals surface area contributed by atoms with Gasteiger partial charge in [-0.15, -0.1) is 0 Å². The first kappa shape index (κ1) is 23.1. The quantitative estimate of drug-likeness (QED) is 0.457. The summed E-state index contributed by atoms with van der Waals surface area (Å²) in [5, 5.41) is 23.3. The summed E-state index contributed by atoms with van der Waals surface area (Å²) in [6.45, 7) is 1.26. The third-order valence-electron chi connectivity index (χ3n) is 5.32. The molecule has 1 aromatic carbocycles. The number of aliphatic hydroxyl groups is 2. The molecule has 0 saturated carbocycles. The second-order valence-corrected chi connectivity index (χ2v) is 7.94. The van der Waals surface area contributed by atoms with E-state index < -0.39 is 47.5 Å². The van der Waals surface area contributed by atoms with E-state index in [4.69, 9.17) is 16.3 Å². The van der Waals surface area contributed by atoms with Gasteiger partial charge in [-0.1, -0.05) is 11.6 Å². The van der Waals surface area contributed by atoms with E-state index in [-0.39, 0.29) is 30.0 Å². The van der Waals surface area contributed by atoms with Gasteiger partial charge in [-0.25, -0.2) is 9.18 Å². The molecule has 31 heavy (non-hydrogen) atoms. The minimum Gasteiger partial charge on any atom is -0.394 e. The molecule has 1 aliphatic rings. The van der Waals surface area contributed by atoms with E-state index in [9.17, 15) is 29.0 Å². The Labute approximate surface area is 181 Å². The van der Waals surface area contributed by atoms with Crippen LogP contribution in [0, 0.1) is 12.7 Å². The Morgan fingerprint density at radius 2 is 2.19 bits per heavy atom. The number of rotatable bonds is 7. The van der Waals surface area contributed by atoms with Crippen molar-refractivity contribution in [3.63, 3.8) is 0 Å². The summed E-state index contributed by atoms with van der Waals surface area (Å²) < 4.78 is 19.9. The lowest BCUT2D eigenvalue weighted by Crippen LogP contribution is -2.41. The van der Waals surface area contributed by atoms with Crippen molar-refractivity contribution in [2.75, 3.05) is 13.2 Å². The zero-order chi connectivity index (χ0) is 22.8. The first-order chi connectivity index (χ1) is 14.6. The molecular formula is C20H23ClFN3O6. The van der Waals surface area contributed by atoms with Crippen molar-refractivity contribution in [2.45, 2.75) is 44.1 Å². The number of carbonyl (C=O) groups excluding carboxylic acids is 1. The monoisotopic (exact) mass is 455 g/mol. The average Bonchev–Trinajstić information content (AvgIpc) is 3.04. The molecule has 3 atom stereocenters. The second kappa shape index (κ2) is 9.31. The second-order valence-electron chi connectivity index (χ2n) is 7.53. The van der Waals surface area contributed by atoms with Crippen LogP contribution in [0.4, 0.5) is 4.39 Å². The van der Waals surface area contributed by atoms with Crippen molar-refractivity contribution in [2.24, 2.45) is 0 Å². The number of hydrogen-bond acceptors (Lipinski definition) is 6. The number of nitrogens with one attached hydrogen (secondary N) is 2. The number of nitrogens with zero attached hydrogens (tertiary/aromatic N) is 1. The van der Waals surface area contributed by atoms with Crippen LogP contribution in [0.25, 0.3) is 0 Å². The van der Waals surface area contributed by atoms with Crippen molar-refractivity contribution < 1.29 is 24.1 Å². The number of halogens is 2. The van der Waals surface area contributed by atoms with E-state index >= 15 is 0 Å². The number of benzene rings is 1. The molecule has 168 valence electrons. The highest BCUT2D eigenvalue weighted by atomic mass is 35.5.